The van der Waals surface area contributed by atoms with Gasteiger partial charge in [0.1, 0.15) is 0 Å². The van der Waals surface area contributed by atoms with Gasteiger partial charge in [-0.1, -0.05) is 105 Å². The van der Waals surface area contributed by atoms with Gasteiger partial charge in [-0.05, 0) is 121 Å². The van der Waals surface area contributed by atoms with Gasteiger partial charge < -0.3 is 14.0 Å². The second-order valence-corrected chi connectivity index (χ2v) is 28.4. The van der Waals surface area contributed by atoms with Crippen molar-refractivity contribution in [3.63, 3.8) is 0 Å². The smallest absolute Gasteiger partial charge is 0.192 e. The molecule has 0 bridgehead atoms. The number of allylic oxidation sites excluding steroid dienone is 4. The minimum Gasteiger partial charge on any atom is -0.413 e. The summed E-state index contributed by atoms with van der Waals surface area (Å²) in [5.41, 5.74) is 4.49. The highest BCUT2D eigenvalue weighted by atomic mass is 28.4. The van der Waals surface area contributed by atoms with E-state index < -0.39 is 16.6 Å². The van der Waals surface area contributed by atoms with E-state index >= 15 is 0 Å². The van der Waals surface area contributed by atoms with E-state index in [2.05, 4.69) is 112 Å². The fourth-order valence-electron chi connectivity index (χ4n) is 8.12. The number of aliphatic hydroxyl groups excluding tert-OH is 1. The molecule has 4 aliphatic carbocycles. The Hall–Kier alpha value is -0.726. The molecule has 3 nitrogen and oxygen atoms in total. The number of fused-ring (bicyclic) bond motifs is 1. The first kappa shape index (κ1) is 37.1. The third-order valence-corrected chi connectivity index (χ3v) is 22.3. The largest absolute Gasteiger partial charge is 0.413 e. The van der Waals surface area contributed by atoms with E-state index in [4.69, 9.17) is 8.85 Å². The zero-order valence-electron chi connectivity index (χ0n) is 31.4. The molecule has 0 saturated heterocycles. The number of hydrogen-bond acceptors (Lipinski definition) is 3. The Kier molecular flexibility index (Phi) is 11.3. The van der Waals surface area contributed by atoms with Crippen molar-refractivity contribution in [2.45, 2.75) is 174 Å². The summed E-state index contributed by atoms with van der Waals surface area (Å²) in [6, 6.07) is 0. The fourth-order valence-corrected chi connectivity index (χ4v) is 10.8. The number of rotatable bonds is 10. The Morgan fingerprint density at radius 1 is 0.933 bits per heavy atom. The van der Waals surface area contributed by atoms with Crippen LogP contribution < -0.4 is 0 Å². The predicted molar refractivity (Wildman–Crippen MR) is 199 cm³/mol. The maximum atomic E-state index is 10.5. The number of aliphatic hydroxyl groups is 1. The SMILES string of the molecule is C=C1C(=CC=C2CCC[C@]3(C)[C@@H]([C@H](C)C=C[C@@H](O)CC4CC4)CC[C@@H]23)C[C@@H](O[Si](C)(C)C(C)(C)C)C[C@@H]1O[Si](C)(C)C(C)(C)C. The maximum Gasteiger partial charge on any atom is 0.192 e. The lowest BCUT2D eigenvalue weighted by atomic mass is 9.61. The summed E-state index contributed by atoms with van der Waals surface area (Å²) < 4.78 is 14.2. The van der Waals surface area contributed by atoms with Crippen LogP contribution in [0, 0.1) is 29.1 Å². The summed E-state index contributed by atoms with van der Waals surface area (Å²) in [6.07, 6.45) is 21.1. The van der Waals surface area contributed by atoms with Gasteiger partial charge in [0, 0.05) is 6.42 Å². The van der Waals surface area contributed by atoms with Crippen molar-refractivity contribution in [1.82, 2.24) is 0 Å². The van der Waals surface area contributed by atoms with Gasteiger partial charge >= 0.3 is 0 Å². The van der Waals surface area contributed by atoms with Gasteiger partial charge in [-0.3, -0.25) is 0 Å². The summed E-state index contributed by atoms with van der Waals surface area (Å²) >= 11 is 0. The Morgan fingerprint density at radius 2 is 1.56 bits per heavy atom. The van der Waals surface area contributed by atoms with E-state index in [9.17, 15) is 5.11 Å². The summed E-state index contributed by atoms with van der Waals surface area (Å²) in [4.78, 5) is 0. The van der Waals surface area contributed by atoms with Crippen LogP contribution in [0.15, 0.2) is 47.6 Å². The highest BCUT2D eigenvalue weighted by molar-refractivity contribution is 6.74. The van der Waals surface area contributed by atoms with Crippen LogP contribution in [0.3, 0.4) is 0 Å². The number of hydrogen-bond donors (Lipinski definition) is 1. The molecule has 0 amide bonds. The molecule has 45 heavy (non-hydrogen) atoms. The molecule has 7 atom stereocenters. The van der Waals surface area contributed by atoms with Crippen LogP contribution in [0.4, 0.5) is 0 Å². The lowest BCUT2D eigenvalue weighted by Crippen LogP contribution is -2.49. The summed E-state index contributed by atoms with van der Waals surface area (Å²) in [5.74, 6) is 2.59. The fraction of sp³-hybridized carbons (Fsp3) is 0.800. The van der Waals surface area contributed by atoms with Crippen molar-refractivity contribution < 1.29 is 14.0 Å². The van der Waals surface area contributed by atoms with Crippen LogP contribution in [0.25, 0.3) is 0 Å². The highest BCUT2D eigenvalue weighted by Crippen LogP contribution is 2.59. The van der Waals surface area contributed by atoms with E-state index in [1.165, 1.54) is 56.1 Å². The van der Waals surface area contributed by atoms with Gasteiger partial charge in [0.15, 0.2) is 16.6 Å². The third-order valence-electron chi connectivity index (χ3n) is 13.3. The molecule has 0 radical (unpaired) electrons. The molecule has 4 aliphatic rings. The van der Waals surface area contributed by atoms with Crippen molar-refractivity contribution in [3.8, 4) is 0 Å². The molecule has 5 heteroatoms. The van der Waals surface area contributed by atoms with Gasteiger partial charge in [0.25, 0.3) is 0 Å². The molecule has 0 unspecified atom stereocenters. The van der Waals surface area contributed by atoms with E-state index in [0.29, 0.717) is 23.2 Å². The van der Waals surface area contributed by atoms with E-state index in [1.54, 1.807) is 5.57 Å². The third kappa shape index (κ3) is 8.66. The molecule has 0 heterocycles. The van der Waals surface area contributed by atoms with Gasteiger partial charge in [-0.2, -0.15) is 0 Å². The topological polar surface area (TPSA) is 38.7 Å². The Bertz CT molecular complexity index is 1150. The molecule has 256 valence electrons. The summed E-state index contributed by atoms with van der Waals surface area (Å²) in [6.45, 7) is 33.2. The van der Waals surface area contributed by atoms with Gasteiger partial charge in [-0.15, -0.1) is 0 Å². The Labute approximate surface area is 280 Å². The molecule has 0 aromatic carbocycles. The Balaban J connectivity index is 1.56. The van der Waals surface area contributed by atoms with Crippen LogP contribution in [0.2, 0.25) is 36.3 Å². The highest BCUT2D eigenvalue weighted by Gasteiger charge is 2.50. The van der Waals surface area contributed by atoms with Crippen LogP contribution in [0.5, 0.6) is 0 Å². The van der Waals surface area contributed by atoms with Crippen molar-refractivity contribution >= 4 is 16.6 Å². The van der Waals surface area contributed by atoms with Crippen LogP contribution in [0.1, 0.15) is 120 Å². The van der Waals surface area contributed by atoms with E-state index in [-0.39, 0.29) is 28.4 Å². The van der Waals surface area contributed by atoms with Crippen LogP contribution >= 0.6 is 0 Å². The predicted octanol–water partition coefficient (Wildman–Crippen LogP) is 11.5. The van der Waals surface area contributed by atoms with Gasteiger partial charge in [0.05, 0.1) is 18.3 Å². The molecule has 4 fully saturated rings. The molecule has 1 N–H and O–H groups in total. The first-order valence-corrected chi connectivity index (χ1v) is 24.3. The van der Waals surface area contributed by atoms with Gasteiger partial charge in [0.2, 0.25) is 0 Å². The van der Waals surface area contributed by atoms with Crippen molar-refractivity contribution in [1.29, 1.82) is 0 Å². The zero-order valence-corrected chi connectivity index (χ0v) is 33.4. The molecule has 0 aromatic rings. The minimum absolute atomic E-state index is 0.0226. The van der Waals surface area contributed by atoms with Crippen molar-refractivity contribution in [2.24, 2.45) is 29.1 Å². The first-order valence-electron chi connectivity index (χ1n) is 18.5. The molecule has 0 aromatic heterocycles. The molecule has 4 saturated carbocycles. The van der Waals surface area contributed by atoms with Crippen LogP contribution in [-0.4, -0.2) is 40.1 Å². The van der Waals surface area contributed by atoms with Gasteiger partial charge in [-0.25, -0.2) is 0 Å². The quantitative estimate of drug-likeness (QED) is 0.188. The van der Waals surface area contributed by atoms with Crippen LogP contribution in [-0.2, 0) is 8.85 Å². The second-order valence-electron chi connectivity index (χ2n) is 18.9. The van der Waals surface area contributed by atoms with E-state index in [1.807, 2.05) is 0 Å². The summed E-state index contributed by atoms with van der Waals surface area (Å²) in [7, 11) is -3.91. The molecule has 0 spiro atoms. The van der Waals surface area contributed by atoms with Crippen molar-refractivity contribution in [3.05, 3.63) is 47.6 Å². The minimum atomic E-state index is -1.98. The maximum absolute atomic E-state index is 10.5. The monoisotopic (exact) mass is 654 g/mol. The average Bonchev–Trinajstić information content (AvgIpc) is 3.64. The first-order chi connectivity index (χ1) is 20.6. The summed E-state index contributed by atoms with van der Waals surface area (Å²) in [5, 5.41) is 10.9. The molecule has 4 rings (SSSR count). The molecular formula is C40H70O3Si2. The molecular weight excluding hydrogens is 585 g/mol. The lowest BCUT2D eigenvalue weighted by Gasteiger charge is -2.45. The normalized spacial score (nSPS) is 33.7. The average molecular weight is 655 g/mol. The van der Waals surface area contributed by atoms with E-state index in [0.717, 1.165) is 25.2 Å². The molecule has 0 aliphatic heterocycles. The lowest BCUT2D eigenvalue weighted by molar-refractivity contribution is 0.0969. The zero-order chi connectivity index (χ0) is 33.6. The van der Waals surface area contributed by atoms with Crippen molar-refractivity contribution in [2.75, 3.05) is 0 Å². The second kappa shape index (κ2) is 13.6. The standard InChI is InChI=1S/C40H70O3Si2/c1-28(16-21-33(41)25-30-17-18-30)35-22-23-36-31(15-14-24-40(35,36)9)19-20-32-26-34(42-44(10,11)38(3,4)5)27-37(29(32)2)43-45(12,13)39(6,7)8/h16,19-21,28,30,33-37,41H,2,14-15,17-18,22-27H2,1,3-13H3/t28-,33-,34-,35-,36+,37+,40-/m1/s1. The Morgan fingerprint density at radius 3 is 2.16 bits per heavy atom.